The first-order valence-corrected chi connectivity index (χ1v) is 9.59. The minimum Gasteiger partial charge on any atom is -0.393 e. The highest BCUT2D eigenvalue weighted by Crippen LogP contribution is 2.76. The summed E-state index contributed by atoms with van der Waals surface area (Å²) in [5.41, 5.74) is -1.29. The van der Waals surface area contributed by atoms with Gasteiger partial charge in [0.05, 0.1) is 17.3 Å². The Hall–Kier alpha value is -0.120. The fraction of sp³-hybridized carbons (Fsp3) is 1.00. The molecular weight excluding hydrogens is 288 g/mol. The van der Waals surface area contributed by atoms with Crippen LogP contribution in [0.5, 0.6) is 0 Å². The lowest BCUT2D eigenvalue weighted by Crippen LogP contribution is -2.65. The van der Waals surface area contributed by atoms with E-state index in [0.717, 1.165) is 51.4 Å². The molecule has 4 aliphatic carbocycles. The summed E-state index contributed by atoms with van der Waals surface area (Å²) in [6.45, 7) is 8.94. The summed E-state index contributed by atoms with van der Waals surface area (Å²) < 4.78 is 0. The third-order valence-electron chi connectivity index (χ3n) is 9.08. The van der Waals surface area contributed by atoms with E-state index in [0.29, 0.717) is 5.92 Å². The van der Waals surface area contributed by atoms with Gasteiger partial charge in [-0.05, 0) is 81.0 Å². The van der Waals surface area contributed by atoms with Crippen LogP contribution in [0.1, 0.15) is 79.1 Å². The van der Waals surface area contributed by atoms with Crippen LogP contribution in [-0.2, 0) is 0 Å². The number of hydrogen-bond acceptors (Lipinski definition) is 3. The van der Waals surface area contributed by atoms with E-state index in [2.05, 4.69) is 20.8 Å². The van der Waals surface area contributed by atoms with Crippen LogP contribution in [0.25, 0.3) is 0 Å². The SMILES string of the molecule is CC1(C)C[C@H](O)C[C@@]2(C)[C@H]1CC[C@@]1(O)C[C@H]3C[C@]12CC[C@]3(C)O. The van der Waals surface area contributed by atoms with E-state index < -0.39 is 11.2 Å². The zero-order valence-electron chi connectivity index (χ0n) is 15.2. The van der Waals surface area contributed by atoms with Crippen molar-refractivity contribution in [2.24, 2.45) is 28.1 Å². The molecule has 0 aromatic rings. The van der Waals surface area contributed by atoms with E-state index in [4.69, 9.17) is 0 Å². The fourth-order valence-electron chi connectivity index (χ4n) is 8.06. The molecule has 0 radical (unpaired) electrons. The molecule has 0 aliphatic heterocycles. The van der Waals surface area contributed by atoms with E-state index in [1.54, 1.807) is 0 Å². The molecule has 0 amide bonds. The standard InChI is InChI=1S/C20H34O3/c1-16(2)11-14(21)12-17(3)15(16)5-6-20(23)10-13-9-19(17,20)8-7-18(13,4)22/h13-15,21-23H,5-12H2,1-4H3/t13-,14+,15+,17+,18+,19+,20-/m1/s1. The maximum atomic E-state index is 11.7. The molecule has 4 rings (SSSR count). The van der Waals surface area contributed by atoms with E-state index in [1.807, 2.05) is 6.92 Å². The third kappa shape index (κ3) is 1.82. The zero-order chi connectivity index (χ0) is 16.9. The summed E-state index contributed by atoms with van der Waals surface area (Å²) in [6, 6.07) is 0. The summed E-state index contributed by atoms with van der Waals surface area (Å²) >= 11 is 0. The van der Waals surface area contributed by atoms with Crippen LogP contribution in [0.3, 0.4) is 0 Å². The zero-order valence-corrected chi connectivity index (χ0v) is 15.2. The van der Waals surface area contributed by atoms with Crippen molar-refractivity contribution in [3.05, 3.63) is 0 Å². The van der Waals surface area contributed by atoms with Gasteiger partial charge >= 0.3 is 0 Å². The van der Waals surface area contributed by atoms with E-state index in [-0.39, 0.29) is 28.3 Å². The lowest BCUT2D eigenvalue weighted by molar-refractivity contribution is -0.244. The molecule has 4 saturated carbocycles. The van der Waals surface area contributed by atoms with Crippen molar-refractivity contribution in [3.8, 4) is 0 Å². The molecular formula is C20H34O3. The topological polar surface area (TPSA) is 60.7 Å². The highest BCUT2D eigenvalue weighted by molar-refractivity contribution is 5.24. The summed E-state index contributed by atoms with van der Waals surface area (Å²) in [5, 5.41) is 33.1. The molecule has 3 N–H and O–H groups in total. The van der Waals surface area contributed by atoms with Gasteiger partial charge in [0.15, 0.2) is 0 Å². The molecule has 4 aliphatic rings. The molecule has 23 heavy (non-hydrogen) atoms. The van der Waals surface area contributed by atoms with Crippen molar-refractivity contribution in [1.29, 1.82) is 0 Å². The summed E-state index contributed by atoms with van der Waals surface area (Å²) in [4.78, 5) is 0. The number of aliphatic hydroxyl groups is 3. The fourth-order valence-corrected chi connectivity index (χ4v) is 8.06. The molecule has 7 atom stereocenters. The second kappa shape index (κ2) is 4.34. The molecule has 0 aromatic carbocycles. The van der Waals surface area contributed by atoms with Crippen molar-refractivity contribution in [1.82, 2.24) is 0 Å². The molecule has 2 bridgehead atoms. The second-order valence-corrected chi connectivity index (χ2v) is 10.6. The minimum atomic E-state index is -0.642. The molecule has 132 valence electrons. The molecule has 0 unspecified atom stereocenters. The smallest absolute Gasteiger partial charge is 0.0713 e. The van der Waals surface area contributed by atoms with Crippen molar-refractivity contribution in [2.45, 2.75) is 96.4 Å². The van der Waals surface area contributed by atoms with E-state index >= 15 is 0 Å². The molecule has 4 fully saturated rings. The Kier molecular flexibility index (Phi) is 3.09. The van der Waals surface area contributed by atoms with Gasteiger partial charge in [-0.15, -0.1) is 0 Å². The van der Waals surface area contributed by atoms with Gasteiger partial charge in [-0.3, -0.25) is 0 Å². The Morgan fingerprint density at radius 2 is 1.52 bits per heavy atom. The quantitative estimate of drug-likeness (QED) is 0.641. The number of hydrogen-bond donors (Lipinski definition) is 3. The molecule has 0 saturated heterocycles. The third-order valence-corrected chi connectivity index (χ3v) is 9.08. The summed E-state index contributed by atoms with van der Waals surface area (Å²) in [6.07, 6.45) is 6.75. The molecule has 1 spiro atoms. The maximum absolute atomic E-state index is 11.7. The lowest BCUT2D eigenvalue weighted by Gasteiger charge is -2.68. The highest BCUT2D eigenvalue weighted by atomic mass is 16.3. The van der Waals surface area contributed by atoms with Gasteiger partial charge in [0.1, 0.15) is 0 Å². The van der Waals surface area contributed by atoms with Gasteiger partial charge in [0, 0.05) is 5.41 Å². The average molecular weight is 322 g/mol. The molecule has 3 heteroatoms. The predicted molar refractivity (Wildman–Crippen MR) is 89.8 cm³/mol. The van der Waals surface area contributed by atoms with E-state index in [1.165, 1.54) is 0 Å². The number of fused-ring (bicyclic) bond motifs is 2. The van der Waals surface area contributed by atoms with Gasteiger partial charge in [-0.25, -0.2) is 0 Å². The molecule has 0 aromatic heterocycles. The summed E-state index contributed by atoms with van der Waals surface area (Å²) in [5.74, 6) is 0.763. The van der Waals surface area contributed by atoms with Gasteiger partial charge in [0.25, 0.3) is 0 Å². The largest absolute Gasteiger partial charge is 0.393 e. The highest BCUT2D eigenvalue weighted by Gasteiger charge is 2.74. The van der Waals surface area contributed by atoms with Crippen LogP contribution in [0.15, 0.2) is 0 Å². The normalized spacial score (nSPS) is 60.9. The Balaban J connectivity index is 1.83. The average Bonchev–Trinajstić information content (AvgIpc) is 2.66. The number of aliphatic hydroxyl groups excluding tert-OH is 1. The predicted octanol–water partition coefficient (Wildman–Crippen LogP) is 3.26. The Morgan fingerprint density at radius 3 is 2.22 bits per heavy atom. The Labute approximate surface area is 140 Å². The summed E-state index contributed by atoms with van der Waals surface area (Å²) in [7, 11) is 0. The lowest BCUT2D eigenvalue weighted by atomic mass is 9.38. The van der Waals surface area contributed by atoms with Crippen LogP contribution in [-0.4, -0.2) is 32.6 Å². The molecule has 3 nitrogen and oxygen atoms in total. The first-order valence-electron chi connectivity index (χ1n) is 9.59. The van der Waals surface area contributed by atoms with Gasteiger partial charge in [0.2, 0.25) is 0 Å². The van der Waals surface area contributed by atoms with E-state index in [9.17, 15) is 15.3 Å². The van der Waals surface area contributed by atoms with Crippen LogP contribution >= 0.6 is 0 Å². The van der Waals surface area contributed by atoms with Crippen LogP contribution in [0.2, 0.25) is 0 Å². The van der Waals surface area contributed by atoms with Gasteiger partial charge < -0.3 is 15.3 Å². The van der Waals surface area contributed by atoms with Crippen molar-refractivity contribution in [3.63, 3.8) is 0 Å². The number of rotatable bonds is 0. The van der Waals surface area contributed by atoms with Gasteiger partial charge in [-0.2, -0.15) is 0 Å². The Bertz CT molecular complexity index is 527. The van der Waals surface area contributed by atoms with Gasteiger partial charge in [-0.1, -0.05) is 20.8 Å². The van der Waals surface area contributed by atoms with Crippen LogP contribution in [0, 0.1) is 28.1 Å². The van der Waals surface area contributed by atoms with Crippen molar-refractivity contribution in [2.75, 3.05) is 0 Å². The van der Waals surface area contributed by atoms with Crippen LogP contribution in [0.4, 0.5) is 0 Å². The molecule has 0 heterocycles. The first kappa shape index (κ1) is 16.4. The second-order valence-electron chi connectivity index (χ2n) is 10.6. The monoisotopic (exact) mass is 322 g/mol. The van der Waals surface area contributed by atoms with Crippen LogP contribution < -0.4 is 0 Å². The maximum Gasteiger partial charge on any atom is 0.0713 e. The van der Waals surface area contributed by atoms with Crippen molar-refractivity contribution >= 4 is 0 Å². The Morgan fingerprint density at radius 1 is 0.826 bits per heavy atom. The first-order chi connectivity index (χ1) is 10.5. The minimum absolute atomic E-state index is 0.0214. The van der Waals surface area contributed by atoms with Crippen molar-refractivity contribution < 1.29 is 15.3 Å².